The molecule has 0 fully saturated rings. The summed E-state index contributed by atoms with van der Waals surface area (Å²) in [6.07, 6.45) is -4.36. The van der Waals surface area contributed by atoms with Gasteiger partial charge in [0.15, 0.2) is 0 Å². The second kappa shape index (κ2) is 3.70. The van der Waals surface area contributed by atoms with E-state index in [1.54, 1.807) is 25.1 Å². The van der Waals surface area contributed by atoms with Gasteiger partial charge in [-0.05, 0) is 25.1 Å². The number of benzene rings is 1. The molecule has 2 rings (SSSR count). The largest absolute Gasteiger partial charge is 0.461 e. The molecule has 0 aliphatic carbocycles. The Hall–Kier alpha value is -1.71. The minimum absolute atomic E-state index is 0.0723. The summed E-state index contributed by atoms with van der Waals surface area (Å²) in [5.41, 5.74) is -0.604. The fourth-order valence-corrected chi connectivity index (χ4v) is 1.52. The van der Waals surface area contributed by atoms with Gasteiger partial charge in [0.1, 0.15) is 11.5 Å². The van der Waals surface area contributed by atoms with Crippen LogP contribution in [0.15, 0.2) is 40.8 Å². The number of rotatable bonds is 1. The Morgan fingerprint density at radius 3 is 2.25 bits per heavy atom. The Labute approximate surface area is 90.5 Å². The van der Waals surface area contributed by atoms with Gasteiger partial charge in [-0.15, -0.1) is 0 Å². The smallest absolute Gasteiger partial charge is 0.417 e. The summed E-state index contributed by atoms with van der Waals surface area (Å²) in [6.45, 7) is 1.69. The zero-order valence-electron chi connectivity index (χ0n) is 8.51. The molecule has 16 heavy (non-hydrogen) atoms. The van der Waals surface area contributed by atoms with Crippen molar-refractivity contribution in [1.29, 1.82) is 0 Å². The van der Waals surface area contributed by atoms with E-state index in [4.69, 9.17) is 4.42 Å². The number of hydrogen-bond acceptors (Lipinski definition) is 1. The van der Waals surface area contributed by atoms with Crippen molar-refractivity contribution in [2.75, 3.05) is 0 Å². The van der Waals surface area contributed by atoms with E-state index in [1.165, 1.54) is 12.1 Å². The molecule has 0 aliphatic rings. The number of hydrogen-bond donors (Lipinski definition) is 0. The van der Waals surface area contributed by atoms with Gasteiger partial charge in [0.05, 0.1) is 5.56 Å². The van der Waals surface area contributed by atoms with E-state index >= 15 is 0 Å². The molecule has 0 unspecified atom stereocenters. The normalized spacial score (nSPS) is 11.8. The molecule has 4 heteroatoms. The van der Waals surface area contributed by atoms with Gasteiger partial charge in [0.2, 0.25) is 0 Å². The Morgan fingerprint density at radius 1 is 1.00 bits per heavy atom. The molecular weight excluding hydrogens is 217 g/mol. The molecule has 0 amide bonds. The topological polar surface area (TPSA) is 13.1 Å². The third-order valence-corrected chi connectivity index (χ3v) is 2.24. The van der Waals surface area contributed by atoms with Crippen LogP contribution in [0, 0.1) is 6.92 Å². The minimum atomic E-state index is -4.36. The zero-order chi connectivity index (χ0) is 11.8. The Kier molecular flexibility index (Phi) is 2.50. The monoisotopic (exact) mass is 226 g/mol. The summed E-state index contributed by atoms with van der Waals surface area (Å²) in [5.74, 6) is 0.831. The number of furan rings is 1. The summed E-state index contributed by atoms with van der Waals surface area (Å²) in [7, 11) is 0. The molecule has 0 radical (unpaired) electrons. The molecule has 1 aromatic heterocycles. The fraction of sp³-hybridized carbons (Fsp3) is 0.167. The molecule has 2 aromatic rings. The van der Waals surface area contributed by atoms with E-state index in [2.05, 4.69) is 0 Å². The Bertz CT molecular complexity index is 497. The first-order chi connectivity index (χ1) is 7.48. The molecule has 0 saturated heterocycles. The summed E-state index contributed by atoms with van der Waals surface area (Å²) in [4.78, 5) is 0. The van der Waals surface area contributed by atoms with Crippen molar-refractivity contribution in [3.05, 3.63) is 47.7 Å². The standard InChI is InChI=1S/C12H9F3O/c1-8-6-7-11(16-8)9-4-2-3-5-10(9)12(13,14)15/h2-7H,1H3. The van der Waals surface area contributed by atoms with Crippen LogP contribution in [0.25, 0.3) is 11.3 Å². The highest BCUT2D eigenvalue weighted by molar-refractivity contribution is 5.63. The van der Waals surface area contributed by atoms with Crippen LogP contribution >= 0.6 is 0 Å². The molecule has 0 bridgehead atoms. The van der Waals surface area contributed by atoms with Gasteiger partial charge >= 0.3 is 6.18 Å². The molecule has 1 nitrogen and oxygen atoms in total. The second-order valence-corrected chi connectivity index (χ2v) is 3.45. The zero-order valence-corrected chi connectivity index (χ0v) is 8.51. The van der Waals surface area contributed by atoms with Crippen LogP contribution in [0.4, 0.5) is 13.2 Å². The van der Waals surface area contributed by atoms with E-state index in [1.807, 2.05) is 0 Å². The maximum Gasteiger partial charge on any atom is 0.417 e. The van der Waals surface area contributed by atoms with E-state index in [0.29, 0.717) is 5.76 Å². The molecule has 0 N–H and O–H groups in total. The lowest BCUT2D eigenvalue weighted by Crippen LogP contribution is -2.06. The number of halogens is 3. The molecule has 0 saturated carbocycles. The second-order valence-electron chi connectivity index (χ2n) is 3.45. The van der Waals surface area contributed by atoms with Crippen molar-refractivity contribution in [2.24, 2.45) is 0 Å². The van der Waals surface area contributed by atoms with Crippen LogP contribution in [0.3, 0.4) is 0 Å². The summed E-state index contributed by atoms with van der Waals surface area (Å²) in [5, 5.41) is 0. The molecule has 1 heterocycles. The highest BCUT2D eigenvalue weighted by Crippen LogP contribution is 2.37. The molecule has 0 aliphatic heterocycles. The van der Waals surface area contributed by atoms with E-state index in [-0.39, 0.29) is 11.3 Å². The first-order valence-electron chi connectivity index (χ1n) is 4.71. The lowest BCUT2D eigenvalue weighted by Gasteiger charge is -2.10. The maximum absolute atomic E-state index is 12.7. The van der Waals surface area contributed by atoms with Crippen molar-refractivity contribution in [3.63, 3.8) is 0 Å². The Balaban J connectivity index is 2.57. The van der Waals surface area contributed by atoms with Crippen molar-refractivity contribution in [1.82, 2.24) is 0 Å². The average molecular weight is 226 g/mol. The highest BCUT2D eigenvalue weighted by atomic mass is 19.4. The average Bonchev–Trinajstić information content (AvgIpc) is 2.64. The van der Waals surface area contributed by atoms with Crippen LogP contribution < -0.4 is 0 Å². The SMILES string of the molecule is Cc1ccc(-c2ccccc2C(F)(F)F)o1. The van der Waals surface area contributed by atoms with Gasteiger partial charge in [-0.2, -0.15) is 13.2 Å². The highest BCUT2D eigenvalue weighted by Gasteiger charge is 2.33. The predicted molar refractivity (Wildman–Crippen MR) is 53.9 cm³/mol. The quantitative estimate of drug-likeness (QED) is 0.707. The third kappa shape index (κ3) is 1.96. The van der Waals surface area contributed by atoms with E-state index in [9.17, 15) is 13.2 Å². The van der Waals surface area contributed by atoms with Crippen LogP contribution in [-0.2, 0) is 6.18 Å². The molecule has 0 atom stereocenters. The maximum atomic E-state index is 12.7. The van der Waals surface area contributed by atoms with Crippen molar-refractivity contribution >= 4 is 0 Å². The predicted octanol–water partition coefficient (Wildman–Crippen LogP) is 4.27. The van der Waals surface area contributed by atoms with Gasteiger partial charge in [-0.25, -0.2) is 0 Å². The lowest BCUT2D eigenvalue weighted by molar-refractivity contribution is -0.137. The van der Waals surface area contributed by atoms with Gasteiger partial charge in [0.25, 0.3) is 0 Å². The van der Waals surface area contributed by atoms with Crippen molar-refractivity contribution < 1.29 is 17.6 Å². The fourth-order valence-electron chi connectivity index (χ4n) is 1.52. The summed E-state index contributed by atoms with van der Waals surface area (Å²) in [6, 6.07) is 8.56. The first kappa shape index (κ1) is 10.8. The third-order valence-electron chi connectivity index (χ3n) is 2.24. The van der Waals surface area contributed by atoms with Crippen molar-refractivity contribution in [3.8, 4) is 11.3 Å². The number of aryl methyl sites for hydroxylation is 1. The van der Waals surface area contributed by atoms with Crippen molar-refractivity contribution in [2.45, 2.75) is 13.1 Å². The van der Waals surface area contributed by atoms with Gasteiger partial charge in [-0.3, -0.25) is 0 Å². The molecule has 0 spiro atoms. The summed E-state index contributed by atoms with van der Waals surface area (Å²) >= 11 is 0. The lowest BCUT2D eigenvalue weighted by atomic mass is 10.1. The molecule has 1 aromatic carbocycles. The van der Waals surface area contributed by atoms with Crippen LogP contribution in [-0.4, -0.2) is 0 Å². The minimum Gasteiger partial charge on any atom is -0.461 e. The van der Waals surface area contributed by atoms with Crippen LogP contribution in [0.1, 0.15) is 11.3 Å². The first-order valence-corrected chi connectivity index (χ1v) is 4.71. The van der Waals surface area contributed by atoms with Crippen LogP contribution in [0.2, 0.25) is 0 Å². The van der Waals surface area contributed by atoms with Crippen LogP contribution in [0.5, 0.6) is 0 Å². The number of alkyl halides is 3. The Morgan fingerprint density at radius 2 is 1.69 bits per heavy atom. The van der Waals surface area contributed by atoms with E-state index < -0.39 is 11.7 Å². The van der Waals surface area contributed by atoms with Gasteiger partial charge in [-0.1, -0.05) is 18.2 Å². The molecular formula is C12H9F3O. The van der Waals surface area contributed by atoms with Gasteiger partial charge < -0.3 is 4.42 Å². The summed E-state index contributed by atoms with van der Waals surface area (Å²) < 4.78 is 43.3. The van der Waals surface area contributed by atoms with E-state index in [0.717, 1.165) is 6.07 Å². The van der Waals surface area contributed by atoms with Gasteiger partial charge in [0, 0.05) is 5.56 Å². The molecule has 84 valence electrons.